The van der Waals surface area contributed by atoms with E-state index in [1.807, 2.05) is 19.9 Å². The highest BCUT2D eigenvalue weighted by molar-refractivity contribution is 5.61. The quantitative estimate of drug-likeness (QED) is 0.601. The highest BCUT2D eigenvalue weighted by Gasteiger charge is 2.12. The Labute approximate surface area is 134 Å². The summed E-state index contributed by atoms with van der Waals surface area (Å²) in [6, 6.07) is 8.20. The lowest BCUT2D eigenvalue weighted by Gasteiger charge is -2.17. The molecule has 0 spiro atoms. The van der Waals surface area contributed by atoms with Gasteiger partial charge in [-0.1, -0.05) is 19.1 Å². The lowest BCUT2D eigenvalue weighted by atomic mass is 10.1. The van der Waals surface area contributed by atoms with E-state index in [-0.39, 0.29) is 18.3 Å². The fourth-order valence-electron chi connectivity index (χ4n) is 2.27. The van der Waals surface area contributed by atoms with Crippen molar-refractivity contribution in [3.63, 3.8) is 0 Å². The van der Waals surface area contributed by atoms with Crippen LogP contribution in [-0.4, -0.2) is 32.6 Å². The summed E-state index contributed by atoms with van der Waals surface area (Å²) in [6.45, 7) is 3.98. The van der Waals surface area contributed by atoms with Gasteiger partial charge >= 0.3 is 0 Å². The number of hydrogen-bond acceptors (Lipinski definition) is 6. The largest absolute Gasteiger partial charge is 0.396 e. The maximum atomic E-state index is 10.9. The Morgan fingerprint density at radius 3 is 2.78 bits per heavy atom. The molecule has 122 valence electrons. The van der Waals surface area contributed by atoms with Gasteiger partial charge in [0.05, 0.1) is 4.92 Å². The van der Waals surface area contributed by atoms with Gasteiger partial charge in [0.25, 0.3) is 5.69 Å². The molecule has 2 N–H and O–H groups in total. The molecule has 1 unspecified atom stereocenters. The molecule has 0 aliphatic rings. The first-order valence-corrected chi connectivity index (χ1v) is 7.51. The first-order valence-electron chi connectivity index (χ1n) is 7.51. The van der Waals surface area contributed by atoms with Crippen LogP contribution in [0.3, 0.4) is 0 Å². The second-order valence-electron chi connectivity index (χ2n) is 5.29. The van der Waals surface area contributed by atoms with E-state index in [1.54, 1.807) is 12.1 Å². The van der Waals surface area contributed by atoms with Gasteiger partial charge in [-0.2, -0.15) is 0 Å². The number of non-ortho nitro benzene ring substituents is 1. The molecule has 1 aromatic carbocycles. The molecule has 23 heavy (non-hydrogen) atoms. The zero-order chi connectivity index (χ0) is 16.8. The minimum atomic E-state index is -0.438. The van der Waals surface area contributed by atoms with Gasteiger partial charge in [0, 0.05) is 42.1 Å². The van der Waals surface area contributed by atoms with Crippen molar-refractivity contribution < 1.29 is 10.0 Å². The number of nitrogens with one attached hydrogen (secondary N) is 1. The number of rotatable bonds is 7. The number of aliphatic hydroxyl groups is 1. The molecule has 1 atom stereocenters. The van der Waals surface area contributed by atoms with Crippen LogP contribution in [0.4, 0.5) is 11.5 Å². The number of nitro groups is 1. The fraction of sp³-hybridized carbons (Fsp3) is 0.375. The summed E-state index contributed by atoms with van der Waals surface area (Å²) in [7, 11) is 0. The molecule has 0 fully saturated rings. The van der Waals surface area contributed by atoms with Crippen LogP contribution in [-0.2, 0) is 0 Å². The van der Waals surface area contributed by atoms with Crippen LogP contribution >= 0.6 is 0 Å². The van der Waals surface area contributed by atoms with Crippen LogP contribution in [0.25, 0.3) is 11.4 Å². The molecule has 2 rings (SSSR count). The average Bonchev–Trinajstić information content (AvgIpc) is 2.54. The summed E-state index contributed by atoms with van der Waals surface area (Å²) in [6.07, 6.45) is 1.49. The van der Waals surface area contributed by atoms with E-state index < -0.39 is 4.92 Å². The summed E-state index contributed by atoms with van der Waals surface area (Å²) < 4.78 is 0. The van der Waals surface area contributed by atoms with Crippen molar-refractivity contribution in [2.75, 3.05) is 11.9 Å². The average molecular weight is 316 g/mol. The van der Waals surface area contributed by atoms with Gasteiger partial charge in [0.2, 0.25) is 0 Å². The molecule has 0 bridgehead atoms. The molecule has 0 aliphatic carbocycles. The number of hydrogen-bond donors (Lipinski definition) is 2. The van der Waals surface area contributed by atoms with Crippen LogP contribution in [0.5, 0.6) is 0 Å². The van der Waals surface area contributed by atoms with Crippen LogP contribution in [0.15, 0.2) is 30.3 Å². The summed E-state index contributed by atoms with van der Waals surface area (Å²) in [5, 5.41) is 23.3. The molecular weight excluding hydrogens is 296 g/mol. The fourth-order valence-corrected chi connectivity index (χ4v) is 2.27. The number of aliphatic hydroxyl groups excluding tert-OH is 1. The van der Waals surface area contributed by atoms with E-state index in [1.165, 1.54) is 12.1 Å². The van der Waals surface area contributed by atoms with Crippen molar-refractivity contribution in [2.24, 2.45) is 0 Å². The van der Waals surface area contributed by atoms with Crippen LogP contribution < -0.4 is 5.32 Å². The third-order valence-electron chi connectivity index (χ3n) is 3.49. The minimum absolute atomic E-state index is 0.00818. The number of aromatic nitrogens is 2. The van der Waals surface area contributed by atoms with Crippen LogP contribution in [0, 0.1) is 17.0 Å². The van der Waals surface area contributed by atoms with Crippen molar-refractivity contribution >= 4 is 11.5 Å². The molecule has 0 amide bonds. The van der Waals surface area contributed by atoms with E-state index in [9.17, 15) is 10.1 Å². The Hall–Kier alpha value is -2.54. The first-order chi connectivity index (χ1) is 11.0. The number of benzene rings is 1. The van der Waals surface area contributed by atoms with Gasteiger partial charge < -0.3 is 10.4 Å². The molecule has 0 aliphatic heterocycles. The van der Waals surface area contributed by atoms with Gasteiger partial charge in [-0.3, -0.25) is 10.1 Å². The molecule has 0 radical (unpaired) electrons. The predicted molar refractivity (Wildman–Crippen MR) is 88.3 cm³/mol. The zero-order valence-electron chi connectivity index (χ0n) is 13.2. The second-order valence-corrected chi connectivity index (χ2v) is 5.29. The summed E-state index contributed by atoms with van der Waals surface area (Å²) in [5.74, 6) is 1.09. The van der Waals surface area contributed by atoms with Crippen LogP contribution in [0.2, 0.25) is 0 Å². The summed E-state index contributed by atoms with van der Waals surface area (Å²) >= 11 is 0. The SMILES string of the molecule is CCC(CCO)Nc1cc(C)nc(-c2cccc([N+](=O)[O-])c2)n1. The van der Waals surface area contributed by atoms with Crippen molar-refractivity contribution in [3.8, 4) is 11.4 Å². The zero-order valence-corrected chi connectivity index (χ0v) is 13.2. The molecule has 0 saturated heterocycles. The molecular formula is C16H20N4O3. The third-order valence-corrected chi connectivity index (χ3v) is 3.49. The third kappa shape index (κ3) is 4.46. The lowest BCUT2D eigenvalue weighted by molar-refractivity contribution is -0.384. The van der Waals surface area contributed by atoms with E-state index in [4.69, 9.17) is 5.11 Å². The highest BCUT2D eigenvalue weighted by atomic mass is 16.6. The van der Waals surface area contributed by atoms with Crippen molar-refractivity contribution in [1.29, 1.82) is 0 Å². The molecule has 0 saturated carbocycles. The van der Waals surface area contributed by atoms with Gasteiger partial charge in [0.15, 0.2) is 5.82 Å². The van der Waals surface area contributed by atoms with Gasteiger partial charge in [0.1, 0.15) is 5.82 Å². The van der Waals surface area contributed by atoms with E-state index in [0.717, 1.165) is 12.1 Å². The Bertz CT molecular complexity index is 691. The Morgan fingerprint density at radius 1 is 1.35 bits per heavy atom. The van der Waals surface area contributed by atoms with Gasteiger partial charge in [-0.05, 0) is 19.8 Å². The van der Waals surface area contributed by atoms with Gasteiger partial charge in [-0.25, -0.2) is 9.97 Å². The number of aryl methyl sites for hydroxylation is 1. The van der Waals surface area contributed by atoms with Crippen molar-refractivity contribution in [2.45, 2.75) is 32.7 Å². The maximum absolute atomic E-state index is 10.9. The van der Waals surface area contributed by atoms with Crippen molar-refractivity contribution in [1.82, 2.24) is 9.97 Å². The van der Waals surface area contributed by atoms with E-state index in [0.29, 0.717) is 23.6 Å². The monoisotopic (exact) mass is 316 g/mol. The van der Waals surface area contributed by atoms with E-state index >= 15 is 0 Å². The Balaban J connectivity index is 2.33. The van der Waals surface area contributed by atoms with Gasteiger partial charge in [-0.15, -0.1) is 0 Å². The Morgan fingerprint density at radius 2 is 2.13 bits per heavy atom. The maximum Gasteiger partial charge on any atom is 0.270 e. The smallest absolute Gasteiger partial charge is 0.270 e. The highest BCUT2D eigenvalue weighted by Crippen LogP contribution is 2.23. The first kappa shape index (κ1) is 16.8. The van der Waals surface area contributed by atoms with Crippen molar-refractivity contribution in [3.05, 3.63) is 46.1 Å². The topological polar surface area (TPSA) is 101 Å². The molecule has 7 nitrogen and oxygen atoms in total. The molecule has 2 aromatic rings. The number of anilines is 1. The Kier molecular flexibility index (Phi) is 5.59. The molecule has 7 heteroatoms. The lowest BCUT2D eigenvalue weighted by Crippen LogP contribution is -2.20. The summed E-state index contributed by atoms with van der Waals surface area (Å²) in [4.78, 5) is 19.3. The van der Waals surface area contributed by atoms with Crippen LogP contribution in [0.1, 0.15) is 25.5 Å². The minimum Gasteiger partial charge on any atom is -0.396 e. The standard InChI is InChI=1S/C16H20N4O3/c1-3-13(7-8-21)18-15-9-11(2)17-16(19-15)12-5-4-6-14(10-12)20(22)23/h4-6,9-10,13,21H,3,7-8H2,1-2H3,(H,17,18,19). The number of nitrogens with zero attached hydrogens (tertiary/aromatic N) is 3. The summed E-state index contributed by atoms with van der Waals surface area (Å²) in [5.41, 5.74) is 1.37. The van der Waals surface area contributed by atoms with E-state index in [2.05, 4.69) is 15.3 Å². The molecule has 1 aromatic heterocycles. The molecule has 1 heterocycles. The normalized spacial score (nSPS) is 12.0. The predicted octanol–water partition coefficient (Wildman–Crippen LogP) is 2.93. The number of nitro benzene ring substituents is 1. The second kappa shape index (κ2) is 7.64.